The molecule has 15 nitrogen and oxygen atoms in total. The Bertz CT molecular complexity index is 2440. The van der Waals surface area contributed by atoms with Gasteiger partial charge in [-0.15, -0.1) is 10.2 Å². The second-order valence-corrected chi connectivity index (χ2v) is 12.0. The number of nitrogens with zero attached hydrogens (tertiary/aromatic N) is 4. The van der Waals surface area contributed by atoms with Crippen LogP contribution in [0.5, 0.6) is 5.75 Å². The van der Waals surface area contributed by atoms with Gasteiger partial charge < -0.3 is 14.2 Å². The Hall–Kier alpha value is -3.62. The van der Waals surface area contributed by atoms with Crippen LogP contribution in [0.25, 0.3) is 10.8 Å². The third kappa shape index (κ3) is 9.05. The van der Waals surface area contributed by atoms with Crippen LogP contribution in [0.2, 0.25) is 0 Å². The zero-order chi connectivity index (χ0) is 32.4. The molecule has 3 N–H and O–H groups in total. The van der Waals surface area contributed by atoms with Crippen molar-refractivity contribution < 1.29 is 90.2 Å². The molecule has 0 radical (unpaired) electrons. The molecule has 0 spiro atoms. The van der Waals surface area contributed by atoms with E-state index in [4.69, 9.17) is 0 Å². The summed E-state index contributed by atoms with van der Waals surface area (Å²) >= 11 is 0. The van der Waals surface area contributed by atoms with Crippen LogP contribution in [0, 0.1) is 0 Å². The van der Waals surface area contributed by atoms with Gasteiger partial charge in [0.15, 0.2) is 5.36 Å². The number of hydrogen-bond donors (Lipinski definition) is 3. The van der Waals surface area contributed by atoms with E-state index >= 15 is 0 Å². The van der Waals surface area contributed by atoms with Gasteiger partial charge in [-0.2, -0.15) is 10.2 Å². The monoisotopic (exact) mass is 692 g/mol. The Kier molecular flexibility index (Phi) is 12.5. The van der Waals surface area contributed by atoms with Crippen LogP contribution < -0.4 is 91.5 Å². The summed E-state index contributed by atoms with van der Waals surface area (Å²) in [5.41, 5.74) is 3.36. The Balaban J connectivity index is 0.00000300. The van der Waals surface area contributed by atoms with Gasteiger partial charge in [0.1, 0.15) is 37.0 Å². The maximum Gasteiger partial charge on any atom is 1.00 e. The minimum Gasteiger partial charge on any atom is -0.744 e. The van der Waals surface area contributed by atoms with E-state index in [9.17, 15) is 40.6 Å². The number of benzene rings is 5. The summed E-state index contributed by atoms with van der Waals surface area (Å²) < 4.78 is 70.1. The molecule has 0 aliphatic rings. The maximum absolute atomic E-state index is 13.3. The molecule has 0 atom stereocenters. The van der Waals surface area contributed by atoms with Crippen molar-refractivity contribution in [2.45, 2.75) is 9.79 Å². The summed E-state index contributed by atoms with van der Waals surface area (Å²) in [5.74, 6) is -0.812. The second-order valence-electron chi connectivity index (χ2n) is 9.19. The Morgan fingerprint density at radius 3 is 1.64 bits per heavy atom. The van der Waals surface area contributed by atoms with E-state index < -0.39 is 63.4 Å². The molecule has 19 heteroatoms. The van der Waals surface area contributed by atoms with Crippen molar-refractivity contribution in [3.05, 3.63) is 122 Å². The largest absolute Gasteiger partial charge is 1.00 e. The normalized spacial score (nSPS) is 12.5. The number of rotatable bonds is 8. The van der Waals surface area contributed by atoms with E-state index in [1.165, 1.54) is 0 Å². The fraction of sp³-hybridized carbons (Fsp3) is 0. The molecule has 0 aliphatic carbocycles. The predicted molar refractivity (Wildman–Crippen MR) is 158 cm³/mol. The minimum atomic E-state index is -5.17. The average molecular weight is 693 g/mol. The standard InChI is InChI=1S/C28H20N6O9S2.2Na/c35-24-14-20(45(41,42)43)12-16-11-19(44(38,39)40)13-21(25(16)24)31-33-23-15-22(32-29-17-7-3-1-4-8-17)27(36)26(28(23)37)34-30-18-9-5-2-6-10-18;;/h1-15,29-30,35H,(H,38,39,40)(H,41,42,43);;/q;2*+1/p-2/b32-22-,33-31?,34-26+;;. The van der Waals surface area contributed by atoms with Crippen molar-refractivity contribution in [3.8, 4) is 5.75 Å². The summed E-state index contributed by atoms with van der Waals surface area (Å²) in [5, 5.41) is 24.6. The number of fused-ring (bicyclic) bond motifs is 1. The number of hydrogen-bond acceptors (Lipinski definition) is 15. The van der Waals surface area contributed by atoms with Crippen LogP contribution in [0.15, 0.2) is 131 Å². The van der Waals surface area contributed by atoms with Crippen molar-refractivity contribution >= 4 is 53.8 Å². The van der Waals surface area contributed by atoms with Gasteiger partial charge in [-0.1, -0.05) is 36.4 Å². The second kappa shape index (κ2) is 15.5. The summed E-state index contributed by atoms with van der Waals surface area (Å²) in [6.07, 6.45) is 0. The molecular formula is C28H18N6Na2O9S2. The van der Waals surface area contributed by atoms with Crippen LogP contribution in [-0.2, 0) is 20.2 Å². The Morgan fingerprint density at radius 1 is 0.617 bits per heavy atom. The molecule has 0 amide bonds. The number of phenolic OH excluding ortho intramolecular Hbond substituents is 1. The zero-order valence-electron chi connectivity index (χ0n) is 24.5. The molecule has 5 aromatic carbocycles. The molecular weight excluding hydrogens is 674 g/mol. The van der Waals surface area contributed by atoms with Crippen molar-refractivity contribution in [3.63, 3.8) is 0 Å². The number of nitrogens with one attached hydrogen (secondary N) is 2. The summed E-state index contributed by atoms with van der Waals surface area (Å²) in [4.78, 5) is 24.7. The molecule has 0 saturated heterocycles. The molecule has 0 fully saturated rings. The summed E-state index contributed by atoms with van der Waals surface area (Å²) in [6, 6.07) is 20.7. The molecule has 0 saturated carbocycles. The number of para-hydroxylation sites is 2. The first kappa shape index (κ1) is 37.8. The zero-order valence-corrected chi connectivity index (χ0v) is 30.1. The van der Waals surface area contributed by atoms with Crippen LogP contribution in [-0.4, -0.2) is 31.0 Å². The Labute approximate surface area is 310 Å². The molecule has 0 aromatic heterocycles. The molecule has 0 heterocycles. The van der Waals surface area contributed by atoms with E-state index in [1.807, 2.05) is 0 Å². The smallest absolute Gasteiger partial charge is 0.744 e. The van der Waals surface area contributed by atoms with E-state index in [2.05, 4.69) is 31.3 Å². The summed E-state index contributed by atoms with van der Waals surface area (Å²) in [7, 11) is -10.3. The van der Waals surface area contributed by atoms with Gasteiger partial charge in [-0.05, 0) is 53.9 Å². The number of aromatic hydroxyl groups is 1. The average Bonchev–Trinajstić information content (AvgIpc) is 2.99. The maximum atomic E-state index is 13.3. The van der Waals surface area contributed by atoms with Gasteiger partial charge in [0, 0.05) is 6.07 Å². The van der Waals surface area contributed by atoms with Gasteiger partial charge in [-0.25, -0.2) is 16.8 Å². The van der Waals surface area contributed by atoms with E-state index in [0.29, 0.717) is 17.4 Å². The van der Waals surface area contributed by atoms with Gasteiger partial charge in [0.25, 0.3) is 0 Å². The summed E-state index contributed by atoms with van der Waals surface area (Å²) in [6.45, 7) is 0. The fourth-order valence-electron chi connectivity index (χ4n) is 4.03. The number of azo groups is 1. The predicted octanol–water partition coefficient (Wildman–Crippen LogP) is -3.77. The first-order valence-electron chi connectivity index (χ1n) is 12.5. The third-order valence-electron chi connectivity index (χ3n) is 6.12. The van der Waals surface area contributed by atoms with E-state index in [1.54, 1.807) is 60.7 Å². The fourth-order valence-corrected chi connectivity index (χ4v) is 5.08. The van der Waals surface area contributed by atoms with Gasteiger partial charge in [-0.3, -0.25) is 20.4 Å². The minimum absolute atomic E-state index is 0. The molecule has 5 rings (SSSR count). The molecule has 0 unspecified atom stereocenters. The van der Waals surface area contributed by atoms with E-state index in [0.717, 1.165) is 24.3 Å². The first-order chi connectivity index (χ1) is 21.3. The van der Waals surface area contributed by atoms with Gasteiger partial charge in [0.2, 0.25) is 10.9 Å². The molecule has 0 aliphatic heterocycles. The molecule has 5 aromatic rings. The van der Waals surface area contributed by atoms with Crippen molar-refractivity contribution in [1.82, 2.24) is 0 Å². The van der Waals surface area contributed by atoms with Crippen LogP contribution in [0.4, 0.5) is 22.7 Å². The van der Waals surface area contributed by atoms with Crippen LogP contribution in [0.3, 0.4) is 0 Å². The van der Waals surface area contributed by atoms with Crippen molar-refractivity contribution in [1.29, 1.82) is 0 Å². The number of phenols is 1. The topological polar surface area (TPSA) is 242 Å². The first-order valence-corrected chi connectivity index (χ1v) is 15.4. The molecule has 228 valence electrons. The molecule has 47 heavy (non-hydrogen) atoms. The SMILES string of the molecule is O=c1c(N=Nc2cc(S(=O)(=O)[O-])cc3cc(S(=O)(=O)[O-])cc(O)c23)c/c(=N/Nc2ccccc2)c(=O)/c1=N\Nc1ccccc1.[Na+].[Na+]. The quantitative estimate of drug-likeness (QED) is 0.0617. The van der Waals surface area contributed by atoms with Gasteiger partial charge in [0.05, 0.1) is 32.2 Å². The molecule has 0 bridgehead atoms. The van der Waals surface area contributed by atoms with E-state index in [-0.39, 0.29) is 75.2 Å². The Morgan fingerprint density at radius 2 is 1.11 bits per heavy atom. The van der Waals surface area contributed by atoms with Crippen LogP contribution in [0.1, 0.15) is 0 Å². The number of anilines is 2. The van der Waals surface area contributed by atoms with Crippen molar-refractivity contribution in [2.24, 2.45) is 20.4 Å². The van der Waals surface area contributed by atoms with Crippen molar-refractivity contribution in [2.75, 3.05) is 10.9 Å². The third-order valence-corrected chi connectivity index (χ3v) is 7.74. The van der Waals surface area contributed by atoms with Crippen LogP contribution >= 0.6 is 0 Å². The van der Waals surface area contributed by atoms with Gasteiger partial charge >= 0.3 is 59.1 Å².